The zero-order valence-electron chi connectivity index (χ0n) is 18.0. The lowest BCUT2D eigenvalue weighted by molar-refractivity contribution is 0.469. The van der Waals surface area contributed by atoms with Crippen molar-refractivity contribution in [2.45, 2.75) is 22.6 Å². The minimum absolute atomic E-state index is 0.0662. The van der Waals surface area contributed by atoms with Gasteiger partial charge in [-0.2, -0.15) is 0 Å². The summed E-state index contributed by atoms with van der Waals surface area (Å²) in [5.74, 6) is -0.577. The highest BCUT2D eigenvalue weighted by molar-refractivity contribution is 7.99. The van der Waals surface area contributed by atoms with Crippen molar-refractivity contribution >= 4 is 49.1 Å². The molecule has 1 aromatic heterocycles. The minimum atomic E-state index is -3.82. The summed E-state index contributed by atoms with van der Waals surface area (Å²) >= 11 is 1.32. The number of fused-ring (bicyclic) bond motifs is 2. The lowest BCUT2D eigenvalue weighted by Gasteiger charge is -2.16. The molecule has 0 aliphatic heterocycles. The summed E-state index contributed by atoms with van der Waals surface area (Å²) in [6, 6.07) is 18.3. The number of rotatable bonds is 6. The average molecular weight is 493 g/mol. The fraction of sp³-hybridized carbons (Fsp3) is 0.115. The molecule has 0 bridgehead atoms. The summed E-state index contributed by atoms with van der Waals surface area (Å²) in [6.45, 7) is 0. The van der Waals surface area contributed by atoms with E-state index >= 15 is 0 Å². The molecule has 0 unspecified atom stereocenters. The molecule has 0 saturated heterocycles. The Labute approximate surface area is 201 Å². The molecule has 2 N–H and O–H groups in total. The second-order valence-electron chi connectivity index (χ2n) is 8.02. The van der Waals surface area contributed by atoms with Crippen LogP contribution in [0.1, 0.15) is 12.8 Å². The fourth-order valence-corrected chi connectivity index (χ4v) is 6.28. The van der Waals surface area contributed by atoms with E-state index in [-0.39, 0.29) is 17.3 Å². The number of halogens is 1. The summed E-state index contributed by atoms with van der Waals surface area (Å²) in [7, 11) is -3.82. The van der Waals surface area contributed by atoms with Gasteiger partial charge in [0.25, 0.3) is 0 Å². The molecule has 0 spiro atoms. The summed E-state index contributed by atoms with van der Waals surface area (Å²) in [6.07, 6.45) is 5.51. The minimum Gasteiger partial charge on any atom is -0.506 e. The largest absolute Gasteiger partial charge is 0.506 e. The van der Waals surface area contributed by atoms with Crippen LogP contribution in [-0.4, -0.2) is 24.3 Å². The summed E-state index contributed by atoms with van der Waals surface area (Å²) in [5.41, 5.74) is 1.57. The second kappa shape index (κ2) is 9.12. The Bertz CT molecular complexity index is 1570. The van der Waals surface area contributed by atoms with Crippen molar-refractivity contribution in [3.63, 3.8) is 0 Å². The standard InChI is InChI=1S/C26H21FN2O3S2/c27-19-9-3-6-17(14-19)16-34(31,32)29-22-15-24(26(30)21-11-2-1-10-20(21)22)33-23-12-4-7-18-8-5-13-28-25(18)23/h1-2,4-8,10-15,29-30H,3,9,16H2. The molecule has 1 aliphatic carbocycles. The Hall–Kier alpha value is -3.36. The highest BCUT2D eigenvalue weighted by Gasteiger charge is 2.19. The van der Waals surface area contributed by atoms with Gasteiger partial charge < -0.3 is 5.11 Å². The van der Waals surface area contributed by atoms with E-state index in [0.717, 1.165) is 15.8 Å². The van der Waals surface area contributed by atoms with Crippen LogP contribution in [0.25, 0.3) is 21.7 Å². The van der Waals surface area contributed by atoms with Crippen LogP contribution in [0.15, 0.2) is 100 Å². The summed E-state index contributed by atoms with van der Waals surface area (Å²) in [4.78, 5) is 5.80. The van der Waals surface area contributed by atoms with E-state index in [9.17, 15) is 17.9 Å². The third kappa shape index (κ3) is 4.64. The number of aromatic nitrogens is 1. The molecular weight excluding hydrogens is 471 g/mol. The average Bonchev–Trinajstić information content (AvgIpc) is 2.82. The third-order valence-corrected chi connectivity index (χ3v) is 7.88. The molecule has 1 aliphatic rings. The summed E-state index contributed by atoms with van der Waals surface area (Å²) in [5, 5.41) is 13.1. The Morgan fingerprint density at radius 3 is 2.65 bits per heavy atom. The topological polar surface area (TPSA) is 79.3 Å². The van der Waals surface area contributed by atoms with Gasteiger partial charge in [0.1, 0.15) is 11.6 Å². The first-order chi connectivity index (χ1) is 16.4. The predicted octanol–water partition coefficient (Wildman–Crippen LogP) is 6.56. The van der Waals surface area contributed by atoms with E-state index < -0.39 is 10.0 Å². The molecule has 3 aromatic carbocycles. The van der Waals surface area contributed by atoms with Crippen molar-refractivity contribution in [2.24, 2.45) is 0 Å². The maximum absolute atomic E-state index is 13.6. The van der Waals surface area contributed by atoms with Crippen molar-refractivity contribution in [3.05, 3.63) is 90.4 Å². The van der Waals surface area contributed by atoms with Gasteiger partial charge in [-0.15, -0.1) is 0 Å². The first kappa shape index (κ1) is 22.4. The quantitative estimate of drug-likeness (QED) is 0.298. The number of hydrogen-bond acceptors (Lipinski definition) is 5. The van der Waals surface area contributed by atoms with E-state index in [4.69, 9.17) is 0 Å². The smallest absolute Gasteiger partial charge is 0.236 e. The van der Waals surface area contributed by atoms with Crippen LogP contribution in [0.2, 0.25) is 0 Å². The number of nitrogens with zero attached hydrogens (tertiary/aromatic N) is 1. The Morgan fingerprint density at radius 1 is 1.03 bits per heavy atom. The van der Waals surface area contributed by atoms with Crippen LogP contribution in [0.3, 0.4) is 0 Å². The van der Waals surface area contributed by atoms with Gasteiger partial charge in [-0.25, -0.2) is 12.8 Å². The van der Waals surface area contributed by atoms with Gasteiger partial charge in [0, 0.05) is 33.7 Å². The molecule has 5 rings (SSSR count). The van der Waals surface area contributed by atoms with E-state index in [1.165, 1.54) is 17.8 Å². The van der Waals surface area contributed by atoms with Gasteiger partial charge in [-0.1, -0.05) is 60.3 Å². The number of nitrogens with one attached hydrogen (secondary N) is 1. The molecule has 1 heterocycles. The highest BCUT2D eigenvalue weighted by Crippen LogP contribution is 2.44. The van der Waals surface area contributed by atoms with Crippen LogP contribution < -0.4 is 4.72 Å². The van der Waals surface area contributed by atoms with Crippen molar-refractivity contribution in [2.75, 3.05) is 10.5 Å². The van der Waals surface area contributed by atoms with Crippen LogP contribution in [0, 0.1) is 0 Å². The van der Waals surface area contributed by atoms with Crippen molar-refractivity contribution in [3.8, 4) is 5.75 Å². The number of allylic oxidation sites excluding steroid dienone is 3. The molecule has 0 atom stereocenters. The SMILES string of the molecule is O=S(=O)(CC1=CCCC(F)=C1)Nc1cc(Sc2cccc3cccnc23)c(O)c2ccccc12. The molecule has 172 valence electrons. The highest BCUT2D eigenvalue weighted by atomic mass is 32.2. The fourth-order valence-electron chi connectivity index (χ4n) is 4.03. The predicted molar refractivity (Wildman–Crippen MR) is 135 cm³/mol. The Morgan fingerprint density at radius 2 is 1.82 bits per heavy atom. The molecule has 0 fully saturated rings. The van der Waals surface area contributed by atoms with E-state index in [1.807, 2.05) is 30.3 Å². The number of benzene rings is 3. The first-order valence-corrected chi connectivity index (χ1v) is 13.2. The molecule has 5 nitrogen and oxygen atoms in total. The maximum Gasteiger partial charge on any atom is 0.236 e. The van der Waals surface area contributed by atoms with Crippen LogP contribution >= 0.6 is 11.8 Å². The van der Waals surface area contributed by atoms with Gasteiger partial charge in [-0.05, 0) is 36.3 Å². The third-order valence-electron chi connectivity index (χ3n) is 5.55. The Kier molecular flexibility index (Phi) is 6.02. The van der Waals surface area contributed by atoms with Crippen LogP contribution in [-0.2, 0) is 10.0 Å². The molecule has 8 heteroatoms. The zero-order valence-corrected chi connectivity index (χ0v) is 19.7. The zero-order chi connectivity index (χ0) is 23.7. The lowest BCUT2D eigenvalue weighted by atomic mass is 10.1. The number of anilines is 1. The molecular formula is C26H21FN2O3S2. The van der Waals surface area contributed by atoms with Crippen molar-refractivity contribution in [1.29, 1.82) is 0 Å². The molecule has 0 amide bonds. The monoisotopic (exact) mass is 492 g/mol. The Balaban J connectivity index is 1.55. The van der Waals surface area contributed by atoms with Crippen molar-refractivity contribution < 1.29 is 17.9 Å². The second-order valence-corrected chi connectivity index (χ2v) is 10.8. The van der Waals surface area contributed by atoms with Gasteiger partial charge in [-0.3, -0.25) is 9.71 Å². The first-order valence-electron chi connectivity index (χ1n) is 10.7. The van der Waals surface area contributed by atoms with E-state index in [2.05, 4.69) is 9.71 Å². The number of hydrogen-bond donors (Lipinski definition) is 2. The van der Waals surface area contributed by atoms with E-state index in [1.54, 1.807) is 42.6 Å². The normalized spacial score (nSPS) is 14.1. The van der Waals surface area contributed by atoms with Gasteiger partial charge >= 0.3 is 0 Å². The molecule has 0 saturated carbocycles. The summed E-state index contributed by atoms with van der Waals surface area (Å²) < 4.78 is 42.2. The lowest BCUT2D eigenvalue weighted by Crippen LogP contribution is -2.18. The number of sulfonamides is 1. The molecule has 34 heavy (non-hydrogen) atoms. The number of phenols is 1. The number of para-hydroxylation sites is 1. The van der Waals surface area contributed by atoms with Crippen molar-refractivity contribution in [1.82, 2.24) is 4.98 Å². The molecule has 4 aromatic rings. The number of pyridine rings is 1. The maximum atomic E-state index is 13.6. The molecule has 0 radical (unpaired) electrons. The number of aromatic hydroxyl groups is 1. The van der Waals surface area contributed by atoms with Crippen LogP contribution in [0.4, 0.5) is 10.1 Å². The number of phenolic OH excluding ortho intramolecular Hbond substituents is 1. The van der Waals surface area contributed by atoms with Gasteiger partial charge in [0.05, 0.1) is 21.9 Å². The van der Waals surface area contributed by atoms with Gasteiger partial charge in [0.2, 0.25) is 10.0 Å². The van der Waals surface area contributed by atoms with E-state index in [0.29, 0.717) is 39.8 Å². The van der Waals surface area contributed by atoms with Gasteiger partial charge in [0.15, 0.2) is 0 Å². The van der Waals surface area contributed by atoms with Crippen LogP contribution in [0.5, 0.6) is 5.75 Å².